The van der Waals surface area contributed by atoms with Crippen LogP contribution in [0.25, 0.3) is 11.0 Å². The van der Waals surface area contributed by atoms with Crippen molar-refractivity contribution in [2.75, 3.05) is 13.2 Å². The van der Waals surface area contributed by atoms with E-state index < -0.39 is 0 Å². The first-order valence-electron chi connectivity index (χ1n) is 12.6. The van der Waals surface area contributed by atoms with Crippen molar-refractivity contribution in [2.45, 2.75) is 52.5 Å². The van der Waals surface area contributed by atoms with Gasteiger partial charge in [0, 0.05) is 25.1 Å². The normalized spacial score (nSPS) is 11.0. The molecule has 5 nitrogen and oxygen atoms in total. The van der Waals surface area contributed by atoms with Gasteiger partial charge in [-0.25, -0.2) is 4.98 Å². The Morgan fingerprint density at radius 1 is 0.857 bits per heavy atom. The number of nitrogens with zero attached hydrogens (tertiary/aromatic N) is 2. The molecule has 1 N–H and O–H groups in total. The van der Waals surface area contributed by atoms with Crippen molar-refractivity contribution in [3.63, 3.8) is 0 Å². The van der Waals surface area contributed by atoms with Crippen LogP contribution in [0.3, 0.4) is 0 Å². The van der Waals surface area contributed by atoms with Gasteiger partial charge in [-0.3, -0.25) is 4.79 Å². The molecular formula is C30H35N3O2. The monoisotopic (exact) mass is 469 g/mol. The van der Waals surface area contributed by atoms with Gasteiger partial charge in [0.2, 0.25) is 0 Å². The van der Waals surface area contributed by atoms with Crippen molar-refractivity contribution < 1.29 is 9.53 Å². The zero-order valence-electron chi connectivity index (χ0n) is 20.8. The number of para-hydroxylation sites is 2. The standard InChI is InChI=1S/C30H35N3O2/c1-23-12-16-25(17-13-23)30(34)31-20-7-3-4-11-29-32-27-9-5-6-10-28(27)33(29)21-8-22-35-26-18-14-24(2)15-19-26/h5-6,9-10,12-19H,3-4,7-8,11,20-22H2,1-2H3,(H,31,34). The van der Waals surface area contributed by atoms with E-state index in [0.717, 1.165) is 66.9 Å². The molecule has 4 rings (SSSR count). The topological polar surface area (TPSA) is 56.1 Å². The summed E-state index contributed by atoms with van der Waals surface area (Å²) in [6.07, 6.45) is 4.91. The van der Waals surface area contributed by atoms with Gasteiger partial charge in [-0.1, -0.05) is 53.9 Å². The second kappa shape index (κ2) is 12.2. The van der Waals surface area contributed by atoms with E-state index in [1.807, 2.05) is 49.4 Å². The third-order valence-electron chi connectivity index (χ3n) is 6.23. The number of unbranched alkanes of at least 4 members (excludes halogenated alkanes) is 2. The quantitative estimate of drug-likeness (QED) is 0.249. The number of imidazole rings is 1. The fourth-order valence-electron chi connectivity index (χ4n) is 4.21. The summed E-state index contributed by atoms with van der Waals surface area (Å²) < 4.78 is 8.27. The molecule has 5 heteroatoms. The van der Waals surface area contributed by atoms with Gasteiger partial charge in [0.1, 0.15) is 11.6 Å². The van der Waals surface area contributed by atoms with E-state index in [2.05, 4.69) is 47.1 Å². The molecule has 1 heterocycles. The SMILES string of the molecule is Cc1ccc(OCCCn2c(CCCCCNC(=O)c3ccc(C)cc3)nc3ccccc32)cc1. The average Bonchev–Trinajstić information content (AvgIpc) is 3.22. The average molecular weight is 470 g/mol. The van der Waals surface area contributed by atoms with E-state index in [1.54, 1.807) is 0 Å². The highest BCUT2D eigenvalue weighted by Gasteiger charge is 2.10. The van der Waals surface area contributed by atoms with E-state index in [1.165, 1.54) is 11.1 Å². The van der Waals surface area contributed by atoms with Crippen LogP contribution >= 0.6 is 0 Å². The molecule has 0 atom stereocenters. The number of benzene rings is 3. The van der Waals surface area contributed by atoms with Crippen molar-refractivity contribution in [1.82, 2.24) is 14.9 Å². The lowest BCUT2D eigenvalue weighted by molar-refractivity contribution is 0.0953. The molecule has 0 spiro atoms. The number of fused-ring (bicyclic) bond motifs is 1. The summed E-state index contributed by atoms with van der Waals surface area (Å²) in [6.45, 7) is 6.36. The molecule has 4 aromatic rings. The zero-order chi connectivity index (χ0) is 24.5. The first kappa shape index (κ1) is 24.5. The molecule has 182 valence electrons. The maximum Gasteiger partial charge on any atom is 0.251 e. The Labute approximate surface area is 208 Å². The Hall–Kier alpha value is -3.60. The summed E-state index contributed by atoms with van der Waals surface area (Å²) in [6, 6.07) is 24.2. The first-order chi connectivity index (χ1) is 17.1. The lowest BCUT2D eigenvalue weighted by Crippen LogP contribution is -2.24. The van der Waals surface area contributed by atoms with Crippen molar-refractivity contribution in [2.24, 2.45) is 0 Å². The molecule has 0 radical (unpaired) electrons. The zero-order valence-corrected chi connectivity index (χ0v) is 20.8. The number of ether oxygens (including phenoxy) is 1. The van der Waals surface area contributed by atoms with Crippen LogP contribution in [0.5, 0.6) is 5.75 Å². The second-order valence-electron chi connectivity index (χ2n) is 9.12. The number of rotatable bonds is 12. The number of aryl methyl sites for hydroxylation is 4. The van der Waals surface area contributed by atoms with Gasteiger partial charge < -0.3 is 14.6 Å². The van der Waals surface area contributed by atoms with E-state index in [9.17, 15) is 4.79 Å². The van der Waals surface area contributed by atoms with Gasteiger partial charge in [0.25, 0.3) is 5.91 Å². The van der Waals surface area contributed by atoms with Crippen LogP contribution < -0.4 is 10.1 Å². The molecule has 1 amide bonds. The third kappa shape index (κ3) is 6.95. The van der Waals surface area contributed by atoms with E-state index in [0.29, 0.717) is 13.2 Å². The predicted octanol–water partition coefficient (Wildman–Crippen LogP) is 6.27. The predicted molar refractivity (Wildman–Crippen MR) is 142 cm³/mol. The van der Waals surface area contributed by atoms with E-state index in [4.69, 9.17) is 9.72 Å². The van der Waals surface area contributed by atoms with Gasteiger partial charge in [-0.2, -0.15) is 0 Å². The fraction of sp³-hybridized carbons (Fsp3) is 0.333. The smallest absolute Gasteiger partial charge is 0.251 e. The van der Waals surface area contributed by atoms with Gasteiger partial charge in [0.15, 0.2) is 0 Å². The summed E-state index contributed by atoms with van der Waals surface area (Å²) in [4.78, 5) is 17.2. The highest BCUT2D eigenvalue weighted by atomic mass is 16.5. The molecule has 0 saturated carbocycles. The van der Waals surface area contributed by atoms with Crippen LogP contribution in [-0.2, 0) is 13.0 Å². The molecule has 35 heavy (non-hydrogen) atoms. The van der Waals surface area contributed by atoms with Crippen molar-refractivity contribution in [1.29, 1.82) is 0 Å². The van der Waals surface area contributed by atoms with Crippen LogP contribution in [0.4, 0.5) is 0 Å². The molecule has 0 aliphatic carbocycles. The summed E-state index contributed by atoms with van der Waals surface area (Å²) in [7, 11) is 0. The largest absolute Gasteiger partial charge is 0.494 e. The summed E-state index contributed by atoms with van der Waals surface area (Å²) in [5.74, 6) is 2.05. The number of hydrogen-bond acceptors (Lipinski definition) is 3. The van der Waals surface area contributed by atoms with E-state index in [-0.39, 0.29) is 5.91 Å². The van der Waals surface area contributed by atoms with Crippen LogP contribution in [0.2, 0.25) is 0 Å². The van der Waals surface area contributed by atoms with Gasteiger partial charge in [-0.05, 0) is 69.5 Å². The Morgan fingerprint density at radius 2 is 1.57 bits per heavy atom. The van der Waals surface area contributed by atoms with Gasteiger partial charge in [0.05, 0.1) is 17.6 Å². The van der Waals surface area contributed by atoms with Gasteiger partial charge >= 0.3 is 0 Å². The number of nitrogens with one attached hydrogen (secondary N) is 1. The minimum absolute atomic E-state index is 0.000325. The van der Waals surface area contributed by atoms with Crippen LogP contribution in [0.15, 0.2) is 72.8 Å². The molecule has 0 fully saturated rings. The van der Waals surface area contributed by atoms with Crippen molar-refractivity contribution >= 4 is 16.9 Å². The summed E-state index contributed by atoms with van der Waals surface area (Å²) in [5, 5.41) is 3.03. The highest BCUT2D eigenvalue weighted by Crippen LogP contribution is 2.19. The Morgan fingerprint density at radius 3 is 2.34 bits per heavy atom. The molecule has 0 saturated heterocycles. The highest BCUT2D eigenvalue weighted by molar-refractivity contribution is 5.94. The minimum Gasteiger partial charge on any atom is -0.494 e. The number of hydrogen-bond donors (Lipinski definition) is 1. The van der Waals surface area contributed by atoms with Crippen molar-refractivity contribution in [3.05, 3.63) is 95.3 Å². The molecule has 0 aliphatic heterocycles. The number of amides is 1. The number of aromatic nitrogens is 2. The Balaban J connectivity index is 1.23. The summed E-state index contributed by atoms with van der Waals surface area (Å²) >= 11 is 0. The maximum atomic E-state index is 12.3. The Kier molecular flexibility index (Phi) is 8.55. The van der Waals surface area contributed by atoms with E-state index >= 15 is 0 Å². The van der Waals surface area contributed by atoms with Crippen LogP contribution in [-0.4, -0.2) is 28.6 Å². The molecule has 3 aromatic carbocycles. The van der Waals surface area contributed by atoms with Crippen LogP contribution in [0.1, 0.15) is 53.0 Å². The minimum atomic E-state index is -0.000325. The lowest BCUT2D eigenvalue weighted by atomic mass is 10.1. The van der Waals surface area contributed by atoms with Crippen molar-refractivity contribution in [3.8, 4) is 5.75 Å². The molecule has 0 aliphatic rings. The maximum absolute atomic E-state index is 12.3. The second-order valence-corrected chi connectivity index (χ2v) is 9.12. The molecule has 0 unspecified atom stereocenters. The fourth-order valence-corrected chi connectivity index (χ4v) is 4.21. The Bertz CT molecular complexity index is 1230. The molecule has 0 bridgehead atoms. The third-order valence-corrected chi connectivity index (χ3v) is 6.23. The molecular weight excluding hydrogens is 434 g/mol. The first-order valence-corrected chi connectivity index (χ1v) is 12.6. The molecule has 1 aromatic heterocycles. The van der Waals surface area contributed by atoms with Gasteiger partial charge in [-0.15, -0.1) is 0 Å². The van der Waals surface area contributed by atoms with Crippen LogP contribution in [0, 0.1) is 13.8 Å². The lowest BCUT2D eigenvalue weighted by Gasteiger charge is -2.11. The number of carbonyl (C=O) groups is 1. The number of carbonyl (C=O) groups excluding carboxylic acids is 1. The summed E-state index contributed by atoms with van der Waals surface area (Å²) in [5.41, 5.74) is 5.35.